The molecule has 0 spiro atoms. The highest BCUT2D eigenvalue weighted by molar-refractivity contribution is 6.25. The van der Waals surface area contributed by atoms with Crippen molar-refractivity contribution >= 4 is 49.3 Å². The summed E-state index contributed by atoms with van der Waals surface area (Å²) in [4.78, 5) is 15.8. The molecule has 1 atom stereocenters. The molecule has 3 heterocycles. The lowest BCUT2D eigenvalue weighted by Gasteiger charge is -2.21. The monoisotopic (exact) mass is 870 g/mol. The Morgan fingerprint density at radius 3 is 1.57 bits per heavy atom. The van der Waals surface area contributed by atoms with Gasteiger partial charge < -0.3 is 8.98 Å². The molecule has 320 valence electrons. The van der Waals surface area contributed by atoms with Gasteiger partial charge in [-0.25, -0.2) is 15.0 Å². The fraction of sp³-hybridized carbons (Fsp3) is 0.0317. The number of allylic oxidation sites excluding steroid dienone is 4. The van der Waals surface area contributed by atoms with E-state index in [2.05, 4.69) is 223 Å². The summed E-state index contributed by atoms with van der Waals surface area (Å²) in [5.74, 6) is 2.18. The number of para-hydroxylation sites is 2. The number of hydrogen-bond acceptors (Lipinski definition) is 4. The van der Waals surface area contributed by atoms with E-state index in [1.807, 2.05) is 18.2 Å². The van der Waals surface area contributed by atoms with E-state index in [1.54, 1.807) is 0 Å². The number of aromatic nitrogens is 4. The van der Waals surface area contributed by atoms with Crippen LogP contribution in [-0.4, -0.2) is 19.5 Å². The zero-order valence-electron chi connectivity index (χ0n) is 37.0. The first-order valence-electron chi connectivity index (χ1n) is 23.2. The summed E-state index contributed by atoms with van der Waals surface area (Å²) in [5, 5.41) is 4.39. The highest BCUT2D eigenvalue weighted by atomic mass is 16.3. The van der Waals surface area contributed by atoms with E-state index in [0.717, 1.165) is 106 Å². The summed E-state index contributed by atoms with van der Waals surface area (Å²) in [6.45, 7) is 0. The van der Waals surface area contributed by atoms with E-state index in [4.69, 9.17) is 19.4 Å². The molecule has 0 bridgehead atoms. The van der Waals surface area contributed by atoms with Crippen LogP contribution in [0.2, 0.25) is 0 Å². The summed E-state index contributed by atoms with van der Waals surface area (Å²) in [6, 6.07) is 77.0. The normalized spacial score (nSPS) is 13.7. The summed E-state index contributed by atoms with van der Waals surface area (Å²) in [5.41, 5.74) is 15.5. The number of hydrogen-bond donors (Lipinski definition) is 0. The van der Waals surface area contributed by atoms with E-state index < -0.39 is 0 Å². The molecule has 1 aliphatic rings. The Kier molecular flexibility index (Phi) is 9.57. The van der Waals surface area contributed by atoms with Gasteiger partial charge >= 0.3 is 0 Å². The second kappa shape index (κ2) is 16.5. The van der Waals surface area contributed by atoms with Gasteiger partial charge in [-0.05, 0) is 59.0 Å². The van der Waals surface area contributed by atoms with Gasteiger partial charge in [0.2, 0.25) is 0 Å². The predicted molar refractivity (Wildman–Crippen MR) is 280 cm³/mol. The van der Waals surface area contributed by atoms with Gasteiger partial charge in [0.1, 0.15) is 11.2 Å². The standard InChI is InChI=1S/C63H42N4O/c1-6-19-41(20-7-1)42-33-35-47(36-34-42)62-64-61(46-27-14-5-15-28-46)65-63(66-62)48-39-53(44-23-10-3-11-24-44)58(54(40-48)45-25-12-4-13-26-45)67-55-32-17-16-29-52(55)57-56(67)38-37-51-50-31-18-30-49(59(50)68-60(51)57)43-21-8-2-9-22-43/h1-33,35-40,42H,34H2. The van der Waals surface area contributed by atoms with Crippen LogP contribution in [0.4, 0.5) is 0 Å². The molecular weight excluding hydrogens is 829 g/mol. The second-order valence-electron chi connectivity index (χ2n) is 17.4. The lowest BCUT2D eigenvalue weighted by molar-refractivity contribution is 0.674. The average Bonchev–Trinajstić information content (AvgIpc) is 3.98. The SMILES string of the molecule is C1=CC(c2ccccc2)CC=C1c1nc(-c2ccccc2)nc(-c2cc(-c3ccccc3)c(-n3c4ccccc4c4c5oc6c(-c7ccccc7)cccc6c5ccc43)c(-c3ccccc3)c2)n1. The van der Waals surface area contributed by atoms with Crippen molar-refractivity contribution in [2.24, 2.45) is 0 Å². The molecule has 9 aromatic carbocycles. The summed E-state index contributed by atoms with van der Waals surface area (Å²) in [7, 11) is 0. The van der Waals surface area contributed by atoms with Crippen LogP contribution in [0.3, 0.4) is 0 Å². The molecule has 0 N–H and O–H groups in total. The van der Waals surface area contributed by atoms with Crippen LogP contribution in [0.25, 0.3) is 111 Å². The first-order valence-corrected chi connectivity index (χ1v) is 23.2. The van der Waals surface area contributed by atoms with Crippen LogP contribution in [0, 0.1) is 0 Å². The van der Waals surface area contributed by atoms with Gasteiger partial charge in [0.25, 0.3) is 0 Å². The maximum Gasteiger partial charge on any atom is 0.164 e. The predicted octanol–water partition coefficient (Wildman–Crippen LogP) is 16.3. The fourth-order valence-electron chi connectivity index (χ4n) is 10.2. The van der Waals surface area contributed by atoms with Gasteiger partial charge in [-0.15, -0.1) is 0 Å². The molecule has 12 aromatic rings. The van der Waals surface area contributed by atoms with Crippen molar-refractivity contribution in [1.82, 2.24) is 19.5 Å². The van der Waals surface area contributed by atoms with Crippen LogP contribution in [0.15, 0.2) is 241 Å². The van der Waals surface area contributed by atoms with Crippen molar-refractivity contribution in [3.63, 3.8) is 0 Å². The second-order valence-corrected chi connectivity index (χ2v) is 17.4. The fourth-order valence-corrected chi connectivity index (χ4v) is 10.2. The largest absolute Gasteiger partial charge is 0.455 e. The first-order chi connectivity index (χ1) is 33.7. The molecule has 13 rings (SSSR count). The smallest absolute Gasteiger partial charge is 0.164 e. The highest BCUT2D eigenvalue weighted by Gasteiger charge is 2.26. The quantitative estimate of drug-likeness (QED) is 0.153. The van der Waals surface area contributed by atoms with Crippen molar-refractivity contribution in [3.05, 3.63) is 248 Å². The van der Waals surface area contributed by atoms with E-state index >= 15 is 0 Å². The molecule has 0 aliphatic heterocycles. The van der Waals surface area contributed by atoms with Crippen LogP contribution in [0.5, 0.6) is 0 Å². The molecule has 5 nitrogen and oxygen atoms in total. The van der Waals surface area contributed by atoms with Gasteiger partial charge in [0, 0.05) is 55.5 Å². The molecule has 0 amide bonds. The Morgan fingerprint density at radius 1 is 0.412 bits per heavy atom. The van der Waals surface area contributed by atoms with E-state index in [9.17, 15) is 0 Å². The number of fused-ring (bicyclic) bond motifs is 7. The van der Waals surface area contributed by atoms with Crippen molar-refractivity contribution in [2.45, 2.75) is 12.3 Å². The van der Waals surface area contributed by atoms with E-state index in [-0.39, 0.29) is 0 Å². The molecular formula is C63H42N4O. The molecule has 1 unspecified atom stereocenters. The molecule has 0 radical (unpaired) electrons. The van der Waals surface area contributed by atoms with Gasteiger partial charge in [-0.1, -0.05) is 206 Å². The first kappa shape index (κ1) is 39.4. The Labute approximate surface area is 393 Å². The highest BCUT2D eigenvalue weighted by Crippen LogP contribution is 2.47. The summed E-state index contributed by atoms with van der Waals surface area (Å²) in [6.07, 6.45) is 7.57. The minimum absolute atomic E-state index is 0.291. The van der Waals surface area contributed by atoms with Crippen LogP contribution < -0.4 is 0 Å². The maximum atomic E-state index is 7.11. The third kappa shape index (κ3) is 6.75. The average molecular weight is 871 g/mol. The lowest BCUT2D eigenvalue weighted by Crippen LogP contribution is -2.06. The molecule has 5 heteroatoms. The van der Waals surface area contributed by atoms with Gasteiger partial charge in [-0.3, -0.25) is 0 Å². The molecule has 3 aromatic heterocycles. The maximum absolute atomic E-state index is 7.11. The van der Waals surface area contributed by atoms with Gasteiger partial charge in [0.15, 0.2) is 17.5 Å². The molecule has 0 saturated carbocycles. The zero-order chi connectivity index (χ0) is 45.0. The van der Waals surface area contributed by atoms with Crippen LogP contribution >= 0.6 is 0 Å². The number of rotatable bonds is 8. The van der Waals surface area contributed by atoms with Crippen molar-refractivity contribution in [1.29, 1.82) is 0 Å². The summed E-state index contributed by atoms with van der Waals surface area (Å²) >= 11 is 0. The summed E-state index contributed by atoms with van der Waals surface area (Å²) < 4.78 is 9.55. The Balaban J connectivity index is 1.07. The zero-order valence-corrected chi connectivity index (χ0v) is 37.0. The van der Waals surface area contributed by atoms with E-state index in [1.165, 1.54) is 5.56 Å². The minimum atomic E-state index is 0.291. The third-order valence-electron chi connectivity index (χ3n) is 13.4. The topological polar surface area (TPSA) is 56.7 Å². The lowest BCUT2D eigenvalue weighted by atomic mass is 9.90. The van der Waals surface area contributed by atoms with Gasteiger partial charge in [-0.2, -0.15) is 0 Å². The molecule has 0 saturated heterocycles. The molecule has 0 fully saturated rings. The molecule has 1 aliphatic carbocycles. The number of benzene rings is 9. The van der Waals surface area contributed by atoms with Crippen molar-refractivity contribution < 1.29 is 4.42 Å². The van der Waals surface area contributed by atoms with Crippen molar-refractivity contribution in [2.75, 3.05) is 0 Å². The van der Waals surface area contributed by atoms with Crippen molar-refractivity contribution in [3.8, 4) is 61.8 Å². The number of furan rings is 1. The third-order valence-corrected chi connectivity index (χ3v) is 13.4. The Morgan fingerprint density at radius 2 is 0.941 bits per heavy atom. The Bertz CT molecular complexity index is 3850. The molecule has 68 heavy (non-hydrogen) atoms. The van der Waals surface area contributed by atoms with Gasteiger partial charge in [0.05, 0.1) is 22.1 Å². The van der Waals surface area contributed by atoms with Crippen LogP contribution in [0.1, 0.15) is 23.7 Å². The Hall–Kier alpha value is -8.93. The van der Waals surface area contributed by atoms with Crippen LogP contribution in [-0.2, 0) is 0 Å². The number of nitrogens with zero attached hydrogens (tertiary/aromatic N) is 4. The van der Waals surface area contributed by atoms with E-state index in [0.29, 0.717) is 23.4 Å². The minimum Gasteiger partial charge on any atom is -0.455 e.